The van der Waals surface area contributed by atoms with Gasteiger partial charge >= 0.3 is 0 Å². The largest absolute Gasteiger partial charge is 0.385 e. The van der Waals surface area contributed by atoms with Gasteiger partial charge in [-0.3, -0.25) is 0 Å². The predicted molar refractivity (Wildman–Crippen MR) is 69.1 cm³/mol. The van der Waals surface area contributed by atoms with E-state index in [0.29, 0.717) is 25.7 Å². The van der Waals surface area contributed by atoms with Crippen LogP contribution < -0.4 is 5.73 Å². The first-order valence-electron chi connectivity index (χ1n) is 6.37. The maximum atomic E-state index is 6.00. The number of aromatic nitrogens is 3. The molecule has 1 heterocycles. The van der Waals surface area contributed by atoms with Crippen LogP contribution in [0.5, 0.6) is 0 Å². The van der Waals surface area contributed by atoms with Crippen LogP contribution >= 0.6 is 0 Å². The smallest absolute Gasteiger partial charge is 0.0996 e. The first kappa shape index (κ1) is 15.1. The summed E-state index contributed by atoms with van der Waals surface area (Å²) in [7, 11) is 1.69. The van der Waals surface area contributed by atoms with Gasteiger partial charge in [-0.2, -0.15) is 0 Å². The second kappa shape index (κ2) is 8.18. The van der Waals surface area contributed by atoms with Crippen LogP contribution in [0.1, 0.15) is 32.0 Å². The van der Waals surface area contributed by atoms with E-state index in [-0.39, 0.29) is 6.04 Å². The molecule has 0 aromatic carbocycles. The van der Waals surface area contributed by atoms with Gasteiger partial charge in [-0.1, -0.05) is 19.1 Å². The van der Waals surface area contributed by atoms with Crippen molar-refractivity contribution < 1.29 is 9.47 Å². The molecule has 1 rings (SSSR count). The Labute approximate surface area is 108 Å². The summed E-state index contributed by atoms with van der Waals surface area (Å²) >= 11 is 0. The lowest BCUT2D eigenvalue weighted by Gasteiger charge is -2.11. The molecule has 2 N–H and O–H groups in total. The number of rotatable bonds is 9. The standard InChI is InChI=1S/C12H24N4O2/c1-10(2)12(13)11-9-16(15-14-11)5-8-18-7-4-6-17-3/h9-10,12H,4-8,13H2,1-3H3. The molecule has 0 aliphatic rings. The Morgan fingerprint density at radius 1 is 1.33 bits per heavy atom. The number of hydrogen-bond donors (Lipinski definition) is 1. The number of ether oxygens (including phenoxy) is 2. The van der Waals surface area contributed by atoms with Crippen molar-refractivity contribution >= 4 is 0 Å². The van der Waals surface area contributed by atoms with Crippen LogP contribution in [0.3, 0.4) is 0 Å². The summed E-state index contributed by atoms with van der Waals surface area (Å²) in [5, 5.41) is 8.11. The van der Waals surface area contributed by atoms with E-state index in [1.807, 2.05) is 6.20 Å². The summed E-state index contributed by atoms with van der Waals surface area (Å²) in [5.74, 6) is 0.362. The van der Waals surface area contributed by atoms with Gasteiger partial charge in [0.1, 0.15) is 0 Å². The molecule has 0 aliphatic heterocycles. The number of nitrogens with zero attached hydrogens (tertiary/aromatic N) is 3. The minimum absolute atomic E-state index is 0.0543. The molecule has 1 atom stereocenters. The van der Waals surface area contributed by atoms with E-state index in [4.69, 9.17) is 15.2 Å². The SMILES string of the molecule is COCCCOCCn1cc(C(N)C(C)C)nn1. The fraction of sp³-hybridized carbons (Fsp3) is 0.833. The monoisotopic (exact) mass is 256 g/mol. The van der Waals surface area contributed by atoms with E-state index in [1.165, 1.54) is 0 Å². The van der Waals surface area contributed by atoms with Crippen molar-refractivity contribution in [2.75, 3.05) is 26.9 Å². The average molecular weight is 256 g/mol. The molecule has 6 heteroatoms. The topological polar surface area (TPSA) is 75.2 Å². The molecule has 0 amide bonds. The van der Waals surface area contributed by atoms with Crippen LogP contribution in [0.4, 0.5) is 0 Å². The van der Waals surface area contributed by atoms with Gasteiger partial charge < -0.3 is 15.2 Å². The fourth-order valence-corrected chi connectivity index (χ4v) is 1.48. The van der Waals surface area contributed by atoms with Gasteiger partial charge in [0.05, 0.1) is 31.1 Å². The number of methoxy groups -OCH3 is 1. The Morgan fingerprint density at radius 2 is 2.11 bits per heavy atom. The van der Waals surface area contributed by atoms with Crippen molar-refractivity contribution in [3.05, 3.63) is 11.9 Å². The molecule has 1 aromatic heterocycles. The molecule has 1 aromatic rings. The predicted octanol–water partition coefficient (Wildman–Crippen LogP) is 0.987. The molecule has 0 fully saturated rings. The Balaban J connectivity index is 2.23. The first-order valence-corrected chi connectivity index (χ1v) is 6.37. The van der Waals surface area contributed by atoms with Gasteiger partial charge in [-0.25, -0.2) is 4.68 Å². The molecule has 0 spiro atoms. The van der Waals surface area contributed by atoms with Gasteiger partial charge in [0.2, 0.25) is 0 Å². The Hall–Kier alpha value is -0.980. The van der Waals surface area contributed by atoms with E-state index in [0.717, 1.165) is 18.7 Å². The molecule has 1 unspecified atom stereocenters. The lowest BCUT2D eigenvalue weighted by molar-refractivity contribution is 0.0958. The molecule has 0 radical (unpaired) electrons. The summed E-state index contributed by atoms with van der Waals surface area (Å²) in [6, 6.07) is -0.0543. The normalized spacial score (nSPS) is 13.2. The Morgan fingerprint density at radius 3 is 2.78 bits per heavy atom. The van der Waals surface area contributed by atoms with Gasteiger partial charge in [0.25, 0.3) is 0 Å². The third-order valence-electron chi connectivity index (χ3n) is 2.72. The third kappa shape index (κ3) is 5.12. The minimum Gasteiger partial charge on any atom is -0.385 e. The number of hydrogen-bond acceptors (Lipinski definition) is 5. The quantitative estimate of drug-likeness (QED) is 0.667. The molecule has 0 bridgehead atoms. The van der Waals surface area contributed by atoms with Crippen LogP contribution in [-0.2, 0) is 16.0 Å². The molecule has 0 aliphatic carbocycles. The highest BCUT2D eigenvalue weighted by atomic mass is 16.5. The molecule has 6 nitrogen and oxygen atoms in total. The first-order chi connectivity index (χ1) is 8.65. The van der Waals surface area contributed by atoms with Gasteiger partial charge in [0.15, 0.2) is 0 Å². The van der Waals surface area contributed by atoms with Crippen LogP contribution in [0, 0.1) is 5.92 Å². The van der Waals surface area contributed by atoms with Gasteiger partial charge in [-0.05, 0) is 12.3 Å². The summed E-state index contributed by atoms with van der Waals surface area (Å²) < 4.78 is 12.2. The summed E-state index contributed by atoms with van der Waals surface area (Å²) in [4.78, 5) is 0. The molecular formula is C12H24N4O2. The van der Waals surface area contributed by atoms with Crippen molar-refractivity contribution in [3.8, 4) is 0 Å². The van der Waals surface area contributed by atoms with Crippen LogP contribution in [-0.4, -0.2) is 41.9 Å². The zero-order chi connectivity index (χ0) is 13.4. The van der Waals surface area contributed by atoms with E-state index >= 15 is 0 Å². The summed E-state index contributed by atoms with van der Waals surface area (Å²) in [6.45, 7) is 6.91. The zero-order valence-electron chi connectivity index (χ0n) is 11.5. The van der Waals surface area contributed by atoms with Gasteiger partial charge in [0, 0.05) is 20.3 Å². The van der Waals surface area contributed by atoms with Crippen molar-refractivity contribution in [1.29, 1.82) is 0 Å². The molecule has 0 saturated heterocycles. The van der Waals surface area contributed by atoms with Crippen molar-refractivity contribution in [2.24, 2.45) is 11.7 Å². The van der Waals surface area contributed by atoms with Crippen molar-refractivity contribution in [2.45, 2.75) is 32.9 Å². The number of nitrogens with two attached hydrogens (primary N) is 1. The van der Waals surface area contributed by atoms with E-state index in [1.54, 1.807) is 11.8 Å². The zero-order valence-corrected chi connectivity index (χ0v) is 11.5. The van der Waals surface area contributed by atoms with E-state index in [9.17, 15) is 0 Å². The second-order valence-corrected chi connectivity index (χ2v) is 4.64. The Bertz CT molecular complexity index is 328. The van der Waals surface area contributed by atoms with Crippen LogP contribution in [0.2, 0.25) is 0 Å². The molecule has 0 saturated carbocycles. The lowest BCUT2D eigenvalue weighted by Crippen LogP contribution is -2.17. The highest BCUT2D eigenvalue weighted by Crippen LogP contribution is 2.15. The average Bonchev–Trinajstić information content (AvgIpc) is 2.81. The van der Waals surface area contributed by atoms with E-state index < -0.39 is 0 Å². The second-order valence-electron chi connectivity index (χ2n) is 4.64. The molecule has 18 heavy (non-hydrogen) atoms. The fourth-order valence-electron chi connectivity index (χ4n) is 1.48. The highest BCUT2D eigenvalue weighted by Gasteiger charge is 2.13. The third-order valence-corrected chi connectivity index (χ3v) is 2.72. The van der Waals surface area contributed by atoms with Crippen molar-refractivity contribution in [3.63, 3.8) is 0 Å². The molecular weight excluding hydrogens is 232 g/mol. The maximum absolute atomic E-state index is 6.00. The lowest BCUT2D eigenvalue weighted by atomic mass is 10.0. The van der Waals surface area contributed by atoms with Crippen LogP contribution in [0.25, 0.3) is 0 Å². The molecule has 104 valence electrons. The highest BCUT2D eigenvalue weighted by molar-refractivity contribution is 5.00. The summed E-state index contributed by atoms with van der Waals surface area (Å²) in [6.07, 6.45) is 2.81. The van der Waals surface area contributed by atoms with E-state index in [2.05, 4.69) is 24.2 Å². The van der Waals surface area contributed by atoms with Crippen molar-refractivity contribution in [1.82, 2.24) is 15.0 Å². The maximum Gasteiger partial charge on any atom is 0.0996 e. The van der Waals surface area contributed by atoms with Crippen LogP contribution in [0.15, 0.2) is 6.20 Å². The minimum atomic E-state index is -0.0543. The summed E-state index contributed by atoms with van der Waals surface area (Å²) in [5.41, 5.74) is 6.84. The van der Waals surface area contributed by atoms with Gasteiger partial charge in [-0.15, -0.1) is 5.10 Å². The Kier molecular flexibility index (Phi) is 6.85.